The molecule has 6 heteroatoms. The van der Waals surface area contributed by atoms with Crippen molar-refractivity contribution in [1.82, 2.24) is 14.9 Å². The maximum absolute atomic E-state index is 12.2. The van der Waals surface area contributed by atoms with Gasteiger partial charge in [0.2, 0.25) is 5.91 Å². The third kappa shape index (κ3) is 4.67. The Kier molecular flexibility index (Phi) is 6.26. The second-order valence-corrected chi connectivity index (χ2v) is 6.14. The molecule has 1 aromatic heterocycles. The van der Waals surface area contributed by atoms with Crippen molar-refractivity contribution >= 4 is 17.7 Å². The Balaban J connectivity index is 2.73. The van der Waals surface area contributed by atoms with E-state index in [-0.39, 0.29) is 29.3 Å². The third-order valence-electron chi connectivity index (χ3n) is 2.87. The summed E-state index contributed by atoms with van der Waals surface area (Å²) in [6.45, 7) is 9.95. The molecule has 0 atom stereocenters. The Labute approximate surface area is 124 Å². The highest BCUT2D eigenvalue weighted by atomic mass is 32.2. The van der Waals surface area contributed by atoms with Gasteiger partial charge < -0.3 is 9.88 Å². The van der Waals surface area contributed by atoms with Crippen LogP contribution in [0.2, 0.25) is 0 Å². The van der Waals surface area contributed by atoms with Crippen LogP contribution in [-0.2, 0) is 11.2 Å². The molecule has 1 heterocycles. The van der Waals surface area contributed by atoms with E-state index in [2.05, 4.69) is 9.97 Å². The molecule has 0 saturated carbocycles. The molecule has 0 aliphatic rings. The van der Waals surface area contributed by atoms with E-state index < -0.39 is 0 Å². The summed E-state index contributed by atoms with van der Waals surface area (Å²) in [5.74, 6) is 0.344. The molecule has 0 saturated heterocycles. The van der Waals surface area contributed by atoms with Crippen molar-refractivity contribution in [2.24, 2.45) is 0 Å². The van der Waals surface area contributed by atoms with Crippen molar-refractivity contribution in [2.75, 3.05) is 5.75 Å². The van der Waals surface area contributed by atoms with Gasteiger partial charge in [0.25, 0.3) is 5.56 Å². The first kappa shape index (κ1) is 16.8. The summed E-state index contributed by atoms with van der Waals surface area (Å²) in [5.41, 5.74) is 0.574. The Hall–Kier alpha value is -1.30. The van der Waals surface area contributed by atoms with Crippen molar-refractivity contribution < 1.29 is 4.79 Å². The zero-order chi connectivity index (χ0) is 15.3. The first-order valence-corrected chi connectivity index (χ1v) is 7.87. The fourth-order valence-electron chi connectivity index (χ4n) is 2.11. The molecule has 112 valence electrons. The minimum atomic E-state index is -0.170. The molecule has 0 unspecified atom stereocenters. The largest absolute Gasteiger partial charge is 0.337 e. The van der Waals surface area contributed by atoms with E-state index in [1.54, 1.807) is 0 Å². The molecule has 1 amide bonds. The van der Waals surface area contributed by atoms with E-state index in [1.165, 1.54) is 17.8 Å². The molecule has 0 radical (unpaired) electrons. The maximum atomic E-state index is 12.2. The van der Waals surface area contributed by atoms with Crippen LogP contribution in [0.3, 0.4) is 0 Å². The summed E-state index contributed by atoms with van der Waals surface area (Å²) in [4.78, 5) is 32.5. The normalized spacial score (nSPS) is 11.2. The van der Waals surface area contributed by atoms with Gasteiger partial charge in [-0.05, 0) is 34.1 Å². The van der Waals surface area contributed by atoms with Crippen LogP contribution in [-0.4, -0.2) is 38.6 Å². The smallest absolute Gasteiger partial charge is 0.251 e. The highest BCUT2D eigenvalue weighted by Gasteiger charge is 2.20. The number of thioether (sulfide) groups is 1. The van der Waals surface area contributed by atoms with E-state index in [0.29, 0.717) is 11.6 Å². The number of nitrogens with one attached hydrogen (secondary N) is 1. The van der Waals surface area contributed by atoms with E-state index >= 15 is 0 Å². The number of rotatable bonds is 6. The molecule has 0 bridgehead atoms. The molecule has 0 aromatic carbocycles. The van der Waals surface area contributed by atoms with Crippen LogP contribution in [0.25, 0.3) is 0 Å². The van der Waals surface area contributed by atoms with Gasteiger partial charge >= 0.3 is 0 Å². The number of hydrogen-bond donors (Lipinski definition) is 1. The predicted octanol–water partition coefficient (Wildman–Crippen LogP) is 2.07. The monoisotopic (exact) mass is 297 g/mol. The molecule has 5 nitrogen and oxygen atoms in total. The third-order valence-corrected chi connectivity index (χ3v) is 3.73. The van der Waals surface area contributed by atoms with Gasteiger partial charge in [-0.15, -0.1) is 0 Å². The molecular weight excluding hydrogens is 274 g/mol. The lowest BCUT2D eigenvalue weighted by Crippen LogP contribution is -2.43. The van der Waals surface area contributed by atoms with E-state index in [9.17, 15) is 9.59 Å². The lowest BCUT2D eigenvalue weighted by atomic mass is 10.2. The van der Waals surface area contributed by atoms with Gasteiger partial charge in [-0.1, -0.05) is 18.7 Å². The number of amides is 1. The predicted molar refractivity (Wildman–Crippen MR) is 82.1 cm³/mol. The minimum Gasteiger partial charge on any atom is -0.337 e. The van der Waals surface area contributed by atoms with E-state index in [1.807, 2.05) is 39.5 Å². The summed E-state index contributed by atoms with van der Waals surface area (Å²) in [6, 6.07) is 1.81. The molecule has 0 aliphatic heterocycles. The fraction of sp³-hybridized carbons (Fsp3) is 0.643. The molecule has 0 aliphatic carbocycles. The van der Waals surface area contributed by atoms with Gasteiger partial charge in [0.1, 0.15) is 0 Å². The van der Waals surface area contributed by atoms with Crippen molar-refractivity contribution in [2.45, 2.75) is 58.3 Å². The van der Waals surface area contributed by atoms with Crippen LogP contribution in [0.4, 0.5) is 0 Å². The highest BCUT2D eigenvalue weighted by Crippen LogP contribution is 2.15. The standard InChI is InChI=1S/C14H23N3O2S/c1-6-11-7-12(18)16-14(15-11)20-8-13(19)17(9(2)3)10(4)5/h7,9-10H,6,8H2,1-5H3,(H,15,16,18). The minimum absolute atomic E-state index is 0.0598. The lowest BCUT2D eigenvalue weighted by molar-refractivity contribution is -0.131. The first-order chi connectivity index (χ1) is 9.35. The Morgan fingerprint density at radius 3 is 2.45 bits per heavy atom. The van der Waals surface area contributed by atoms with Crippen LogP contribution in [0.5, 0.6) is 0 Å². The number of carbonyl (C=O) groups is 1. The second kappa shape index (κ2) is 7.47. The van der Waals surface area contributed by atoms with Crippen LogP contribution >= 0.6 is 11.8 Å². The molecule has 0 spiro atoms. The molecule has 0 fully saturated rings. The molecule has 1 aromatic rings. The van der Waals surface area contributed by atoms with Crippen molar-refractivity contribution in [3.05, 3.63) is 22.1 Å². The number of aromatic amines is 1. The van der Waals surface area contributed by atoms with Crippen LogP contribution in [0, 0.1) is 0 Å². The zero-order valence-electron chi connectivity index (χ0n) is 12.8. The lowest BCUT2D eigenvalue weighted by Gasteiger charge is -2.30. The number of nitrogens with zero attached hydrogens (tertiary/aromatic N) is 2. The Bertz CT molecular complexity index is 503. The summed E-state index contributed by atoms with van der Waals surface area (Å²) >= 11 is 1.28. The van der Waals surface area contributed by atoms with Crippen molar-refractivity contribution in [3.63, 3.8) is 0 Å². The van der Waals surface area contributed by atoms with Gasteiger partial charge in [-0.3, -0.25) is 9.59 Å². The fourth-order valence-corrected chi connectivity index (χ4v) is 2.87. The number of hydrogen-bond acceptors (Lipinski definition) is 4. The number of carbonyl (C=O) groups excluding carboxylic acids is 1. The first-order valence-electron chi connectivity index (χ1n) is 6.89. The Morgan fingerprint density at radius 2 is 1.95 bits per heavy atom. The van der Waals surface area contributed by atoms with E-state index in [0.717, 1.165) is 5.69 Å². The SMILES string of the molecule is CCc1cc(=O)[nH]c(SCC(=O)N(C(C)C)C(C)C)n1. The topological polar surface area (TPSA) is 66.1 Å². The Morgan fingerprint density at radius 1 is 1.35 bits per heavy atom. The molecule has 1 N–H and O–H groups in total. The summed E-state index contributed by atoms with van der Waals surface area (Å²) < 4.78 is 0. The molecule has 20 heavy (non-hydrogen) atoms. The maximum Gasteiger partial charge on any atom is 0.251 e. The molecular formula is C14H23N3O2S. The average Bonchev–Trinajstić information content (AvgIpc) is 2.34. The summed E-state index contributed by atoms with van der Waals surface area (Å²) in [7, 11) is 0. The highest BCUT2D eigenvalue weighted by molar-refractivity contribution is 7.99. The van der Waals surface area contributed by atoms with Crippen molar-refractivity contribution in [3.8, 4) is 0 Å². The van der Waals surface area contributed by atoms with Crippen LogP contribution in [0.15, 0.2) is 16.0 Å². The van der Waals surface area contributed by atoms with Gasteiger partial charge in [0, 0.05) is 23.8 Å². The number of aromatic nitrogens is 2. The van der Waals surface area contributed by atoms with Gasteiger partial charge in [0.15, 0.2) is 5.16 Å². The zero-order valence-corrected chi connectivity index (χ0v) is 13.6. The van der Waals surface area contributed by atoms with Crippen molar-refractivity contribution in [1.29, 1.82) is 0 Å². The summed E-state index contributed by atoms with van der Waals surface area (Å²) in [5, 5.41) is 0.509. The van der Waals surface area contributed by atoms with Gasteiger partial charge in [-0.2, -0.15) is 0 Å². The number of H-pyrrole nitrogens is 1. The second-order valence-electron chi connectivity index (χ2n) is 5.17. The van der Waals surface area contributed by atoms with Gasteiger partial charge in [0.05, 0.1) is 5.75 Å². The van der Waals surface area contributed by atoms with E-state index in [4.69, 9.17) is 0 Å². The number of aryl methyl sites for hydroxylation is 1. The van der Waals surface area contributed by atoms with Gasteiger partial charge in [-0.25, -0.2) is 4.98 Å². The average molecular weight is 297 g/mol. The quantitative estimate of drug-likeness (QED) is 0.645. The summed E-state index contributed by atoms with van der Waals surface area (Å²) in [6.07, 6.45) is 0.704. The van der Waals surface area contributed by atoms with Crippen LogP contribution in [0.1, 0.15) is 40.3 Å². The molecule has 1 rings (SSSR count). The van der Waals surface area contributed by atoms with Crippen LogP contribution < -0.4 is 5.56 Å².